The van der Waals surface area contributed by atoms with Gasteiger partial charge in [-0.15, -0.1) is 0 Å². The van der Waals surface area contributed by atoms with Gasteiger partial charge in [-0.25, -0.2) is 0 Å². The predicted octanol–water partition coefficient (Wildman–Crippen LogP) is 2.83. The number of rotatable bonds is 3. The molecule has 3 heteroatoms. The summed E-state index contributed by atoms with van der Waals surface area (Å²) in [4.78, 5) is 0. The number of halogens is 1. The molecule has 4 N–H and O–H groups in total. The molecular weight excluding hydrogens is 228 g/mol. The summed E-state index contributed by atoms with van der Waals surface area (Å²) in [5, 5.41) is 0. The first-order valence-corrected chi connectivity index (χ1v) is 5.25. The van der Waals surface area contributed by atoms with Crippen LogP contribution in [0.15, 0.2) is 22.7 Å². The molecule has 2 nitrogen and oxygen atoms in total. The second kappa shape index (κ2) is 4.63. The van der Waals surface area contributed by atoms with Gasteiger partial charge in [-0.1, -0.05) is 35.3 Å². The number of benzene rings is 1. The van der Waals surface area contributed by atoms with Crippen molar-refractivity contribution in [2.45, 2.75) is 25.8 Å². The van der Waals surface area contributed by atoms with Crippen LogP contribution in [0.1, 0.15) is 31.4 Å². The summed E-state index contributed by atoms with van der Waals surface area (Å²) in [6, 6.07) is 5.82. The van der Waals surface area contributed by atoms with Crippen molar-refractivity contribution in [3.8, 4) is 0 Å². The minimum absolute atomic E-state index is 0.0422. The van der Waals surface area contributed by atoms with Gasteiger partial charge in [0, 0.05) is 21.8 Å². The molecule has 0 unspecified atom stereocenters. The molecule has 0 heterocycles. The van der Waals surface area contributed by atoms with Crippen molar-refractivity contribution >= 4 is 21.6 Å². The molecule has 0 saturated heterocycles. The van der Waals surface area contributed by atoms with Crippen molar-refractivity contribution in [1.82, 2.24) is 0 Å². The third-order valence-corrected chi connectivity index (χ3v) is 2.75. The fraction of sp³-hybridized carbons (Fsp3) is 0.400. The summed E-state index contributed by atoms with van der Waals surface area (Å²) in [7, 11) is 0. The molecule has 1 atom stereocenters. The molecular formula is C10H15BrN2. The van der Waals surface area contributed by atoms with Gasteiger partial charge in [0.15, 0.2) is 0 Å². The topological polar surface area (TPSA) is 52.0 Å². The molecule has 1 aromatic carbocycles. The molecule has 0 bridgehead atoms. The van der Waals surface area contributed by atoms with Crippen LogP contribution in [0.25, 0.3) is 0 Å². The van der Waals surface area contributed by atoms with Crippen molar-refractivity contribution in [2.24, 2.45) is 5.73 Å². The van der Waals surface area contributed by atoms with E-state index >= 15 is 0 Å². The summed E-state index contributed by atoms with van der Waals surface area (Å²) in [6.07, 6.45) is 2.04. The minimum atomic E-state index is 0.0422. The normalized spacial score (nSPS) is 12.8. The lowest BCUT2D eigenvalue weighted by Gasteiger charge is -2.15. The number of hydrogen-bond donors (Lipinski definition) is 2. The van der Waals surface area contributed by atoms with E-state index in [2.05, 4.69) is 22.9 Å². The van der Waals surface area contributed by atoms with Crippen LogP contribution in [-0.2, 0) is 0 Å². The molecule has 0 fully saturated rings. The Labute approximate surface area is 87.4 Å². The van der Waals surface area contributed by atoms with Gasteiger partial charge in [0.25, 0.3) is 0 Å². The monoisotopic (exact) mass is 242 g/mol. The molecule has 0 spiro atoms. The van der Waals surface area contributed by atoms with Crippen molar-refractivity contribution in [1.29, 1.82) is 0 Å². The Morgan fingerprint density at radius 3 is 2.69 bits per heavy atom. The molecule has 0 radical (unpaired) electrons. The maximum Gasteiger partial charge on any atom is 0.0373 e. The average Bonchev–Trinajstić information content (AvgIpc) is 2.04. The van der Waals surface area contributed by atoms with Crippen molar-refractivity contribution < 1.29 is 0 Å². The van der Waals surface area contributed by atoms with Gasteiger partial charge in [0.05, 0.1) is 0 Å². The van der Waals surface area contributed by atoms with E-state index in [1.54, 1.807) is 0 Å². The Hall–Kier alpha value is -0.540. The number of nitrogens with two attached hydrogens (primary N) is 2. The van der Waals surface area contributed by atoms with Crippen LogP contribution in [0, 0.1) is 0 Å². The average molecular weight is 243 g/mol. The van der Waals surface area contributed by atoms with Crippen molar-refractivity contribution in [3.05, 3.63) is 28.2 Å². The lowest BCUT2D eigenvalue weighted by molar-refractivity contribution is 0.638. The molecule has 0 aliphatic heterocycles. The second-order valence-corrected chi connectivity index (χ2v) is 3.99. The Kier molecular flexibility index (Phi) is 3.75. The molecule has 1 rings (SSSR count). The van der Waals surface area contributed by atoms with Gasteiger partial charge in [-0.3, -0.25) is 0 Å². The maximum absolute atomic E-state index is 6.00. The van der Waals surface area contributed by atoms with Gasteiger partial charge < -0.3 is 11.5 Å². The maximum atomic E-state index is 6.00. The summed E-state index contributed by atoms with van der Waals surface area (Å²) in [5.41, 5.74) is 13.6. The van der Waals surface area contributed by atoms with E-state index in [9.17, 15) is 0 Å². The smallest absolute Gasteiger partial charge is 0.0373 e. The highest BCUT2D eigenvalue weighted by atomic mass is 79.9. The van der Waals surface area contributed by atoms with Gasteiger partial charge >= 0.3 is 0 Å². The van der Waals surface area contributed by atoms with E-state index in [0.717, 1.165) is 28.6 Å². The van der Waals surface area contributed by atoms with Crippen LogP contribution in [-0.4, -0.2) is 0 Å². The summed E-state index contributed by atoms with van der Waals surface area (Å²) in [6.45, 7) is 2.12. The SMILES string of the molecule is CCC[C@@H](N)c1c(N)cccc1Br. The standard InChI is InChI=1S/C10H15BrN2/c1-2-4-8(12)10-7(11)5-3-6-9(10)13/h3,5-6,8H,2,4,12-13H2,1H3/t8-/m1/s1. The molecule has 0 aromatic heterocycles. The van der Waals surface area contributed by atoms with Crippen LogP contribution in [0.3, 0.4) is 0 Å². The largest absolute Gasteiger partial charge is 0.398 e. The van der Waals surface area contributed by atoms with Gasteiger partial charge in [-0.05, 0) is 18.6 Å². The zero-order valence-corrected chi connectivity index (χ0v) is 9.34. The molecule has 0 amide bonds. The molecule has 0 aliphatic rings. The van der Waals surface area contributed by atoms with Gasteiger partial charge in [-0.2, -0.15) is 0 Å². The van der Waals surface area contributed by atoms with Crippen LogP contribution in [0.2, 0.25) is 0 Å². The number of anilines is 1. The lowest BCUT2D eigenvalue weighted by Crippen LogP contribution is -2.12. The van der Waals surface area contributed by atoms with Crippen LogP contribution in [0.5, 0.6) is 0 Å². The third kappa shape index (κ3) is 2.45. The van der Waals surface area contributed by atoms with Crippen molar-refractivity contribution in [2.75, 3.05) is 5.73 Å². The Bertz CT molecular complexity index is 266. The zero-order chi connectivity index (χ0) is 9.84. The summed E-state index contributed by atoms with van der Waals surface area (Å²) in [5.74, 6) is 0. The summed E-state index contributed by atoms with van der Waals surface area (Å²) >= 11 is 3.46. The Morgan fingerprint density at radius 2 is 2.15 bits per heavy atom. The molecule has 0 aliphatic carbocycles. The van der Waals surface area contributed by atoms with E-state index in [-0.39, 0.29) is 6.04 Å². The first-order chi connectivity index (χ1) is 6.16. The number of hydrogen-bond acceptors (Lipinski definition) is 2. The van der Waals surface area contributed by atoms with Gasteiger partial charge in [0.2, 0.25) is 0 Å². The third-order valence-electron chi connectivity index (χ3n) is 2.06. The van der Waals surface area contributed by atoms with E-state index < -0.39 is 0 Å². The van der Waals surface area contributed by atoms with E-state index in [0.29, 0.717) is 0 Å². The Balaban J connectivity index is 2.98. The second-order valence-electron chi connectivity index (χ2n) is 3.14. The zero-order valence-electron chi connectivity index (χ0n) is 7.76. The first-order valence-electron chi connectivity index (χ1n) is 4.46. The highest BCUT2D eigenvalue weighted by Gasteiger charge is 2.11. The number of nitrogen functional groups attached to an aromatic ring is 1. The van der Waals surface area contributed by atoms with Crippen LogP contribution >= 0.6 is 15.9 Å². The van der Waals surface area contributed by atoms with E-state index in [1.807, 2.05) is 18.2 Å². The van der Waals surface area contributed by atoms with Crippen molar-refractivity contribution in [3.63, 3.8) is 0 Å². The lowest BCUT2D eigenvalue weighted by atomic mass is 10.0. The Morgan fingerprint density at radius 1 is 1.46 bits per heavy atom. The molecule has 0 saturated carbocycles. The van der Waals surface area contributed by atoms with E-state index in [1.165, 1.54) is 0 Å². The first kappa shape index (κ1) is 10.5. The molecule has 72 valence electrons. The molecule has 1 aromatic rings. The molecule has 13 heavy (non-hydrogen) atoms. The van der Waals surface area contributed by atoms with Crippen LogP contribution in [0.4, 0.5) is 5.69 Å². The quantitative estimate of drug-likeness (QED) is 0.802. The minimum Gasteiger partial charge on any atom is -0.398 e. The highest BCUT2D eigenvalue weighted by molar-refractivity contribution is 9.10. The fourth-order valence-corrected chi connectivity index (χ4v) is 2.08. The van der Waals surface area contributed by atoms with E-state index in [4.69, 9.17) is 11.5 Å². The van der Waals surface area contributed by atoms with Crippen LogP contribution < -0.4 is 11.5 Å². The summed E-state index contributed by atoms with van der Waals surface area (Å²) < 4.78 is 1.01. The highest BCUT2D eigenvalue weighted by Crippen LogP contribution is 2.29. The predicted molar refractivity (Wildman–Crippen MR) is 60.4 cm³/mol. The van der Waals surface area contributed by atoms with Gasteiger partial charge in [0.1, 0.15) is 0 Å². The fourth-order valence-electron chi connectivity index (χ4n) is 1.40.